The van der Waals surface area contributed by atoms with E-state index in [4.69, 9.17) is 4.74 Å². The molecule has 6 heteroatoms. The van der Waals surface area contributed by atoms with E-state index in [1.807, 2.05) is 30.3 Å². The summed E-state index contributed by atoms with van der Waals surface area (Å²) in [4.78, 5) is 18.2. The molecular weight excluding hydrogens is 244 g/mol. The van der Waals surface area contributed by atoms with Gasteiger partial charge in [-0.2, -0.15) is 5.10 Å². The van der Waals surface area contributed by atoms with Gasteiger partial charge in [0.2, 0.25) is 0 Å². The molecule has 0 unspecified atom stereocenters. The highest BCUT2D eigenvalue weighted by Gasteiger charge is 2.03. The minimum atomic E-state index is -0.217. The lowest BCUT2D eigenvalue weighted by Gasteiger charge is -2.04. The van der Waals surface area contributed by atoms with E-state index in [2.05, 4.69) is 15.1 Å². The molecule has 0 aliphatic heterocycles. The van der Waals surface area contributed by atoms with Crippen molar-refractivity contribution < 1.29 is 4.74 Å². The number of hydrogen-bond donors (Lipinski definition) is 1. The van der Waals surface area contributed by atoms with Gasteiger partial charge < -0.3 is 9.72 Å². The lowest BCUT2D eigenvalue weighted by molar-refractivity contribution is 0.101. The van der Waals surface area contributed by atoms with Crippen LogP contribution in [0.15, 0.2) is 47.7 Å². The summed E-state index contributed by atoms with van der Waals surface area (Å²) in [6.07, 6.45) is 2.96. The fourth-order valence-electron chi connectivity index (χ4n) is 1.79. The molecule has 3 rings (SSSR count). The zero-order valence-electron chi connectivity index (χ0n) is 10.1. The molecule has 0 spiro atoms. The smallest absolute Gasteiger partial charge is 0.277 e. The molecule has 0 fully saturated rings. The molecule has 96 valence electrons. The number of ether oxygens (including phenoxy) is 1. The fraction of sp³-hybridized carbons (Fsp3) is 0.154. The quantitative estimate of drug-likeness (QED) is 0.759. The van der Waals surface area contributed by atoms with E-state index in [0.717, 1.165) is 5.56 Å². The van der Waals surface area contributed by atoms with E-state index in [-0.39, 0.29) is 12.2 Å². The normalized spacial score (nSPS) is 10.9. The molecule has 0 atom stereocenters. The van der Waals surface area contributed by atoms with Crippen molar-refractivity contribution >= 4 is 5.52 Å². The number of H-pyrrole nitrogens is 1. The molecule has 1 N–H and O–H groups in total. The second-order valence-electron chi connectivity index (χ2n) is 4.10. The van der Waals surface area contributed by atoms with Crippen LogP contribution in [0, 0.1) is 0 Å². The van der Waals surface area contributed by atoms with Crippen LogP contribution in [0.2, 0.25) is 0 Å². The molecule has 2 aromatic heterocycles. The molecule has 0 saturated carbocycles. The molecule has 0 bridgehead atoms. The van der Waals surface area contributed by atoms with Gasteiger partial charge in [0.15, 0.2) is 5.82 Å². The maximum atomic E-state index is 11.7. The number of rotatable bonds is 4. The summed E-state index contributed by atoms with van der Waals surface area (Å²) in [5.41, 5.74) is 1.28. The first-order valence-corrected chi connectivity index (χ1v) is 5.86. The Labute approximate surface area is 108 Å². The van der Waals surface area contributed by atoms with Gasteiger partial charge in [0, 0.05) is 0 Å². The number of imidazole rings is 1. The maximum absolute atomic E-state index is 11.7. The van der Waals surface area contributed by atoms with E-state index in [0.29, 0.717) is 17.9 Å². The van der Waals surface area contributed by atoms with Gasteiger partial charge in [-0.25, -0.2) is 9.50 Å². The SMILES string of the molecule is O=c1[nH]c(COCc2ccccc2)nn2cncc12. The summed E-state index contributed by atoms with van der Waals surface area (Å²) in [5, 5.41) is 4.20. The lowest BCUT2D eigenvalue weighted by atomic mass is 10.2. The van der Waals surface area contributed by atoms with Crippen molar-refractivity contribution in [3.05, 3.63) is 64.6 Å². The fourth-order valence-corrected chi connectivity index (χ4v) is 1.79. The van der Waals surface area contributed by atoms with Gasteiger partial charge in [-0.1, -0.05) is 30.3 Å². The minimum absolute atomic E-state index is 0.217. The molecular formula is C13H12N4O2. The van der Waals surface area contributed by atoms with Crippen LogP contribution in [0.5, 0.6) is 0 Å². The summed E-state index contributed by atoms with van der Waals surface area (Å²) in [6, 6.07) is 9.83. The van der Waals surface area contributed by atoms with Gasteiger partial charge >= 0.3 is 0 Å². The Morgan fingerprint density at radius 2 is 2.05 bits per heavy atom. The zero-order valence-corrected chi connectivity index (χ0v) is 10.1. The van der Waals surface area contributed by atoms with Gasteiger partial charge in [-0.15, -0.1) is 0 Å². The monoisotopic (exact) mass is 256 g/mol. The van der Waals surface area contributed by atoms with Crippen LogP contribution in [-0.2, 0) is 18.0 Å². The van der Waals surface area contributed by atoms with Crippen LogP contribution in [0.4, 0.5) is 0 Å². The van der Waals surface area contributed by atoms with Crippen molar-refractivity contribution in [2.24, 2.45) is 0 Å². The molecule has 0 amide bonds. The molecule has 0 radical (unpaired) electrons. The van der Waals surface area contributed by atoms with E-state index in [1.165, 1.54) is 17.0 Å². The van der Waals surface area contributed by atoms with Crippen LogP contribution < -0.4 is 5.56 Å². The number of aromatic amines is 1. The molecule has 3 aromatic rings. The molecule has 1 aromatic carbocycles. The average molecular weight is 256 g/mol. The number of hydrogen-bond acceptors (Lipinski definition) is 4. The highest BCUT2D eigenvalue weighted by molar-refractivity contribution is 5.39. The number of nitrogens with zero attached hydrogens (tertiary/aromatic N) is 3. The molecule has 2 heterocycles. The summed E-state index contributed by atoms with van der Waals surface area (Å²) in [5.74, 6) is 0.478. The summed E-state index contributed by atoms with van der Waals surface area (Å²) in [6.45, 7) is 0.727. The Balaban J connectivity index is 1.70. The molecule has 19 heavy (non-hydrogen) atoms. The van der Waals surface area contributed by atoms with Gasteiger partial charge in [0.25, 0.3) is 5.56 Å². The van der Waals surface area contributed by atoms with Gasteiger partial charge in [-0.05, 0) is 5.56 Å². The Bertz CT molecular complexity index is 733. The van der Waals surface area contributed by atoms with Crippen LogP contribution in [-0.4, -0.2) is 19.6 Å². The molecule has 6 nitrogen and oxygen atoms in total. The molecule has 0 saturated heterocycles. The third kappa shape index (κ3) is 2.53. The van der Waals surface area contributed by atoms with Crippen LogP contribution in [0.1, 0.15) is 11.4 Å². The van der Waals surface area contributed by atoms with E-state index in [9.17, 15) is 4.79 Å². The Kier molecular flexibility index (Phi) is 3.07. The van der Waals surface area contributed by atoms with Gasteiger partial charge in [0.05, 0.1) is 12.8 Å². The third-order valence-corrected chi connectivity index (χ3v) is 2.69. The van der Waals surface area contributed by atoms with Crippen LogP contribution >= 0.6 is 0 Å². The third-order valence-electron chi connectivity index (χ3n) is 2.69. The highest BCUT2D eigenvalue weighted by Crippen LogP contribution is 2.02. The first kappa shape index (κ1) is 11.6. The first-order valence-electron chi connectivity index (χ1n) is 5.86. The van der Waals surface area contributed by atoms with Crippen molar-refractivity contribution in [2.75, 3.05) is 0 Å². The standard InChI is InChI=1S/C13H12N4O2/c18-13-11-6-14-9-17(11)16-12(15-13)8-19-7-10-4-2-1-3-5-10/h1-6,9H,7-8H2,(H,15,16,18). The van der Waals surface area contributed by atoms with Crippen molar-refractivity contribution in [3.8, 4) is 0 Å². The lowest BCUT2D eigenvalue weighted by Crippen LogP contribution is -2.16. The molecule has 0 aliphatic rings. The average Bonchev–Trinajstić information content (AvgIpc) is 2.89. The molecule has 0 aliphatic carbocycles. The topological polar surface area (TPSA) is 72.3 Å². The maximum Gasteiger partial charge on any atom is 0.277 e. The largest absolute Gasteiger partial charge is 0.369 e. The van der Waals surface area contributed by atoms with Gasteiger partial charge in [-0.3, -0.25) is 4.79 Å². The van der Waals surface area contributed by atoms with Crippen molar-refractivity contribution in [3.63, 3.8) is 0 Å². The van der Waals surface area contributed by atoms with Crippen molar-refractivity contribution in [1.82, 2.24) is 19.6 Å². The van der Waals surface area contributed by atoms with Crippen molar-refractivity contribution in [1.29, 1.82) is 0 Å². The number of aromatic nitrogens is 4. The summed E-state index contributed by atoms with van der Waals surface area (Å²) >= 11 is 0. The Morgan fingerprint density at radius 3 is 2.89 bits per heavy atom. The zero-order chi connectivity index (χ0) is 13.1. The second kappa shape index (κ2) is 5.03. The van der Waals surface area contributed by atoms with Crippen LogP contribution in [0.3, 0.4) is 0 Å². The predicted octanol–water partition coefficient (Wildman–Crippen LogP) is 1.13. The summed E-state index contributed by atoms with van der Waals surface area (Å²) < 4.78 is 6.96. The Hall–Kier alpha value is -2.47. The van der Waals surface area contributed by atoms with Gasteiger partial charge in [0.1, 0.15) is 18.5 Å². The second-order valence-corrected chi connectivity index (χ2v) is 4.10. The minimum Gasteiger partial charge on any atom is -0.369 e. The van der Waals surface area contributed by atoms with Crippen LogP contribution in [0.25, 0.3) is 5.52 Å². The first-order chi connectivity index (χ1) is 9.33. The number of benzene rings is 1. The highest BCUT2D eigenvalue weighted by atomic mass is 16.5. The number of fused-ring (bicyclic) bond motifs is 1. The van der Waals surface area contributed by atoms with E-state index in [1.54, 1.807) is 0 Å². The van der Waals surface area contributed by atoms with E-state index < -0.39 is 0 Å². The number of nitrogens with one attached hydrogen (secondary N) is 1. The summed E-state index contributed by atoms with van der Waals surface area (Å²) in [7, 11) is 0. The van der Waals surface area contributed by atoms with Crippen molar-refractivity contribution in [2.45, 2.75) is 13.2 Å². The Morgan fingerprint density at radius 1 is 1.21 bits per heavy atom. The predicted molar refractivity (Wildman–Crippen MR) is 68.5 cm³/mol. The van der Waals surface area contributed by atoms with E-state index >= 15 is 0 Å².